The molecule has 2 amide bonds. The summed E-state index contributed by atoms with van der Waals surface area (Å²) < 4.78 is 0. The fraction of sp³-hybridized carbons (Fsp3) is 0.529. The van der Waals surface area contributed by atoms with Crippen molar-refractivity contribution in [3.8, 4) is 0 Å². The van der Waals surface area contributed by atoms with Crippen LogP contribution in [-0.2, 0) is 4.79 Å². The van der Waals surface area contributed by atoms with E-state index in [2.05, 4.69) is 10.6 Å². The predicted octanol–water partition coefficient (Wildman–Crippen LogP) is 2.20. The van der Waals surface area contributed by atoms with Crippen LogP contribution in [0.3, 0.4) is 0 Å². The van der Waals surface area contributed by atoms with Crippen molar-refractivity contribution in [2.75, 3.05) is 5.32 Å². The van der Waals surface area contributed by atoms with Gasteiger partial charge in [-0.3, -0.25) is 9.59 Å². The summed E-state index contributed by atoms with van der Waals surface area (Å²) in [6.45, 7) is 5.95. The Kier molecular flexibility index (Phi) is 5.19. The molecule has 5 heteroatoms. The number of benzene rings is 1. The van der Waals surface area contributed by atoms with Gasteiger partial charge in [0.05, 0.1) is 6.04 Å². The summed E-state index contributed by atoms with van der Waals surface area (Å²) in [5, 5.41) is 5.78. The minimum absolute atomic E-state index is 0.0931. The summed E-state index contributed by atoms with van der Waals surface area (Å²) in [5.41, 5.74) is 8.01. The zero-order valence-corrected chi connectivity index (χ0v) is 13.5. The van der Waals surface area contributed by atoms with E-state index in [1.807, 2.05) is 26.8 Å². The molecule has 1 atom stereocenters. The lowest BCUT2D eigenvalue weighted by Crippen LogP contribution is -2.36. The molecule has 0 unspecified atom stereocenters. The van der Waals surface area contributed by atoms with Crippen LogP contribution in [0.4, 0.5) is 5.69 Å². The van der Waals surface area contributed by atoms with Gasteiger partial charge in [0, 0.05) is 17.3 Å². The van der Waals surface area contributed by atoms with E-state index >= 15 is 0 Å². The van der Waals surface area contributed by atoms with Gasteiger partial charge < -0.3 is 16.4 Å². The van der Waals surface area contributed by atoms with Crippen molar-refractivity contribution in [1.29, 1.82) is 0 Å². The Morgan fingerprint density at radius 1 is 1.32 bits per heavy atom. The van der Waals surface area contributed by atoms with Crippen LogP contribution in [0.1, 0.15) is 49.0 Å². The van der Waals surface area contributed by atoms with E-state index in [1.165, 1.54) is 0 Å². The predicted molar refractivity (Wildman–Crippen MR) is 87.7 cm³/mol. The zero-order valence-electron chi connectivity index (χ0n) is 13.5. The molecule has 5 nitrogen and oxygen atoms in total. The summed E-state index contributed by atoms with van der Waals surface area (Å²) in [5.74, 6) is 0.0542. The van der Waals surface area contributed by atoms with Gasteiger partial charge >= 0.3 is 0 Å². The van der Waals surface area contributed by atoms with Gasteiger partial charge in [-0.15, -0.1) is 0 Å². The Balaban J connectivity index is 2.05. The highest BCUT2D eigenvalue weighted by atomic mass is 16.2. The molecule has 1 aliphatic carbocycles. The van der Waals surface area contributed by atoms with E-state index in [4.69, 9.17) is 5.73 Å². The van der Waals surface area contributed by atoms with Crippen molar-refractivity contribution < 1.29 is 9.59 Å². The molecule has 1 aliphatic rings. The van der Waals surface area contributed by atoms with Gasteiger partial charge in [-0.05, 0) is 49.8 Å². The van der Waals surface area contributed by atoms with Crippen LogP contribution < -0.4 is 16.4 Å². The number of amides is 2. The third-order valence-corrected chi connectivity index (χ3v) is 3.73. The van der Waals surface area contributed by atoms with Crippen molar-refractivity contribution in [2.45, 2.75) is 52.1 Å². The van der Waals surface area contributed by atoms with E-state index in [-0.39, 0.29) is 11.8 Å². The molecule has 1 fully saturated rings. The number of rotatable bonds is 6. The van der Waals surface area contributed by atoms with Crippen molar-refractivity contribution >= 4 is 17.5 Å². The first kappa shape index (κ1) is 16.5. The molecule has 120 valence electrons. The van der Waals surface area contributed by atoms with Gasteiger partial charge in [-0.2, -0.15) is 0 Å². The minimum Gasteiger partial charge on any atom is -0.349 e. The van der Waals surface area contributed by atoms with Gasteiger partial charge in [0.15, 0.2) is 0 Å². The average molecular weight is 303 g/mol. The van der Waals surface area contributed by atoms with Crippen LogP contribution in [0.15, 0.2) is 18.2 Å². The van der Waals surface area contributed by atoms with Crippen molar-refractivity contribution in [3.63, 3.8) is 0 Å². The van der Waals surface area contributed by atoms with Gasteiger partial charge in [-0.1, -0.05) is 19.9 Å². The Labute approximate surface area is 131 Å². The number of aryl methyl sites for hydroxylation is 1. The number of nitrogens with two attached hydrogens (primary N) is 1. The Hall–Kier alpha value is -1.88. The molecule has 0 aromatic heterocycles. The molecule has 22 heavy (non-hydrogen) atoms. The lowest BCUT2D eigenvalue weighted by Gasteiger charge is -2.16. The fourth-order valence-electron chi connectivity index (χ4n) is 2.23. The second-order valence-corrected chi connectivity index (χ2v) is 6.50. The smallest absolute Gasteiger partial charge is 0.251 e. The average Bonchev–Trinajstić information content (AvgIpc) is 3.24. The summed E-state index contributed by atoms with van der Waals surface area (Å²) in [6.07, 6.45) is 2.73. The zero-order chi connectivity index (χ0) is 16.3. The van der Waals surface area contributed by atoms with Crippen LogP contribution in [0.2, 0.25) is 0 Å². The molecule has 4 N–H and O–H groups in total. The van der Waals surface area contributed by atoms with Crippen molar-refractivity contribution in [3.05, 3.63) is 29.3 Å². The number of carbonyl (C=O) groups excluding carboxylic acids is 2. The molecule has 0 spiro atoms. The third-order valence-electron chi connectivity index (χ3n) is 3.73. The maximum atomic E-state index is 12.1. The van der Waals surface area contributed by atoms with Crippen LogP contribution in [0, 0.1) is 12.8 Å². The van der Waals surface area contributed by atoms with Crippen LogP contribution in [-0.4, -0.2) is 23.9 Å². The van der Waals surface area contributed by atoms with Gasteiger partial charge in [0.25, 0.3) is 5.91 Å². The van der Waals surface area contributed by atoms with E-state index in [9.17, 15) is 9.59 Å². The number of nitrogens with one attached hydrogen (secondary N) is 2. The lowest BCUT2D eigenvalue weighted by atomic mass is 10.0. The highest BCUT2D eigenvalue weighted by Gasteiger charge is 2.24. The molecule has 1 aromatic carbocycles. The molecule has 2 rings (SSSR count). The highest BCUT2D eigenvalue weighted by molar-refractivity contribution is 5.99. The summed E-state index contributed by atoms with van der Waals surface area (Å²) in [6, 6.07) is 5.10. The molecular formula is C17H25N3O2. The van der Waals surface area contributed by atoms with E-state index in [0.717, 1.165) is 18.4 Å². The fourth-order valence-corrected chi connectivity index (χ4v) is 2.23. The number of carbonyl (C=O) groups is 2. The van der Waals surface area contributed by atoms with Gasteiger partial charge in [0.2, 0.25) is 5.91 Å². The largest absolute Gasteiger partial charge is 0.349 e. The quantitative estimate of drug-likeness (QED) is 0.753. The van der Waals surface area contributed by atoms with E-state index in [0.29, 0.717) is 29.6 Å². The second-order valence-electron chi connectivity index (χ2n) is 6.50. The van der Waals surface area contributed by atoms with Crippen molar-refractivity contribution in [1.82, 2.24) is 5.32 Å². The van der Waals surface area contributed by atoms with Crippen LogP contribution >= 0.6 is 0 Å². The Morgan fingerprint density at radius 2 is 2.00 bits per heavy atom. The first-order valence-corrected chi connectivity index (χ1v) is 7.84. The molecule has 1 saturated carbocycles. The SMILES string of the molecule is Cc1ccc(C(=O)NC2CC2)cc1NC(=O)[C@@H](N)CC(C)C. The third kappa shape index (κ3) is 4.56. The molecular weight excluding hydrogens is 278 g/mol. The first-order valence-electron chi connectivity index (χ1n) is 7.84. The highest BCUT2D eigenvalue weighted by Crippen LogP contribution is 2.21. The topological polar surface area (TPSA) is 84.2 Å². The van der Waals surface area contributed by atoms with E-state index in [1.54, 1.807) is 12.1 Å². The summed E-state index contributed by atoms with van der Waals surface area (Å²) in [7, 11) is 0. The maximum Gasteiger partial charge on any atom is 0.251 e. The standard InChI is InChI=1S/C17H25N3O2/c1-10(2)8-14(18)17(22)20-15-9-12(5-4-11(15)3)16(21)19-13-6-7-13/h4-5,9-10,13-14H,6-8,18H2,1-3H3,(H,19,21)(H,20,22)/t14-/m0/s1. The van der Waals surface area contributed by atoms with E-state index < -0.39 is 6.04 Å². The lowest BCUT2D eigenvalue weighted by molar-refractivity contribution is -0.117. The molecule has 0 aliphatic heterocycles. The van der Waals surface area contributed by atoms with Gasteiger partial charge in [0.1, 0.15) is 0 Å². The Bertz CT molecular complexity index is 565. The van der Waals surface area contributed by atoms with Crippen LogP contribution in [0.25, 0.3) is 0 Å². The molecule has 0 radical (unpaired) electrons. The molecule has 0 saturated heterocycles. The van der Waals surface area contributed by atoms with Crippen molar-refractivity contribution in [2.24, 2.45) is 11.7 Å². The van der Waals surface area contributed by atoms with Gasteiger partial charge in [-0.25, -0.2) is 0 Å². The number of anilines is 1. The number of hydrogen-bond donors (Lipinski definition) is 3. The molecule has 1 aromatic rings. The number of hydrogen-bond acceptors (Lipinski definition) is 3. The maximum absolute atomic E-state index is 12.1. The molecule has 0 bridgehead atoms. The monoisotopic (exact) mass is 303 g/mol. The Morgan fingerprint density at radius 3 is 2.59 bits per heavy atom. The minimum atomic E-state index is -0.539. The summed E-state index contributed by atoms with van der Waals surface area (Å²) >= 11 is 0. The first-order chi connectivity index (χ1) is 10.4. The summed E-state index contributed by atoms with van der Waals surface area (Å²) in [4.78, 5) is 24.2. The molecule has 0 heterocycles. The van der Waals surface area contributed by atoms with Crippen LogP contribution in [0.5, 0.6) is 0 Å². The normalized spacial score (nSPS) is 15.5. The second kappa shape index (κ2) is 6.92.